The van der Waals surface area contributed by atoms with Crippen molar-refractivity contribution in [3.8, 4) is 5.75 Å². The Labute approximate surface area is 99.8 Å². The van der Waals surface area contributed by atoms with E-state index < -0.39 is 0 Å². The third-order valence-electron chi connectivity index (χ3n) is 2.08. The van der Waals surface area contributed by atoms with Crippen molar-refractivity contribution in [1.29, 1.82) is 0 Å². The zero-order valence-corrected chi connectivity index (χ0v) is 10.7. The van der Waals surface area contributed by atoms with E-state index in [1.165, 1.54) is 4.70 Å². The molecule has 1 aromatic carbocycles. The highest BCUT2D eigenvalue weighted by Gasteiger charge is 2.12. The van der Waals surface area contributed by atoms with Crippen LogP contribution < -0.4 is 4.74 Å². The molecule has 4 heteroatoms. The fourth-order valence-corrected chi connectivity index (χ4v) is 3.77. The number of ether oxygens (including phenoxy) is 1. The van der Waals surface area contributed by atoms with E-state index in [0.29, 0.717) is 5.88 Å². The molecule has 14 heavy (non-hydrogen) atoms. The number of hydrogen-bond donors (Lipinski definition) is 0. The summed E-state index contributed by atoms with van der Waals surface area (Å²) in [5.74, 6) is 1.39. The summed E-state index contributed by atoms with van der Waals surface area (Å²) in [6.07, 6.45) is 0. The molecule has 1 heterocycles. The number of rotatable bonds is 2. The van der Waals surface area contributed by atoms with Crippen molar-refractivity contribution >= 4 is 49.0 Å². The molecule has 2 rings (SSSR count). The minimum absolute atomic E-state index is 0.501. The van der Waals surface area contributed by atoms with Crippen molar-refractivity contribution in [3.05, 3.63) is 27.5 Å². The first-order valence-electron chi connectivity index (χ1n) is 4.07. The Morgan fingerprint density at radius 1 is 1.50 bits per heavy atom. The molecule has 0 amide bonds. The molecule has 0 saturated carbocycles. The highest BCUT2D eigenvalue weighted by Crippen LogP contribution is 2.40. The van der Waals surface area contributed by atoms with Crippen LogP contribution in [0, 0.1) is 0 Å². The Balaban J connectivity index is 2.82. The molecule has 0 aliphatic heterocycles. The number of hydrogen-bond acceptors (Lipinski definition) is 2. The normalized spacial score (nSPS) is 10.8. The summed E-state index contributed by atoms with van der Waals surface area (Å²) in [6, 6.07) is 6.02. The molecular weight excluding hydrogens is 284 g/mol. The average molecular weight is 292 g/mol. The number of fused-ring (bicyclic) bond motifs is 1. The smallest absolute Gasteiger partial charge is 0.127 e. The van der Waals surface area contributed by atoms with Gasteiger partial charge in [0.15, 0.2) is 0 Å². The number of halogens is 2. The van der Waals surface area contributed by atoms with Crippen LogP contribution in [0.25, 0.3) is 10.1 Å². The zero-order valence-electron chi connectivity index (χ0n) is 7.51. The first-order chi connectivity index (χ1) is 6.77. The van der Waals surface area contributed by atoms with Gasteiger partial charge in [-0.05, 0) is 28.1 Å². The van der Waals surface area contributed by atoms with Crippen LogP contribution in [0.15, 0.2) is 22.0 Å². The first-order valence-corrected chi connectivity index (χ1v) is 6.22. The number of thiophene rings is 1. The second-order valence-corrected chi connectivity index (χ2v) is 5.46. The third-order valence-corrected chi connectivity index (χ3v) is 4.30. The van der Waals surface area contributed by atoms with Crippen molar-refractivity contribution in [3.63, 3.8) is 0 Å². The van der Waals surface area contributed by atoms with E-state index in [1.54, 1.807) is 18.4 Å². The van der Waals surface area contributed by atoms with E-state index in [2.05, 4.69) is 22.0 Å². The number of methoxy groups -OCH3 is 1. The summed E-state index contributed by atoms with van der Waals surface area (Å²) in [4.78, 5) is 0. The second kappa shape index (κ2) is 4.09. The molecule has 1 aromatic heterocycles. The molecule has 0 spiro atoms. The van der Waals surface area contributed by atoms with E-state index in [-0.39, 0.29) is 0 Å². The molecule has 0 unspecified atom stereocenters. The van der Waals surface area contributed by atoms with Gasteiger partial charge >= 0.3 is 0 Å². The van der Waals surface area contributed by atoms with Crippen molar-refractivity contribution in [2.45, 2.75) is 5.88 Å². The Bertz CT molecular complexity index is 466. The Kier molecular flexibility index (Phi) is 3.00. The van der Waals surface area contributed by atoms with Gasteiger partial charge in [-0.3, -0.25) is 0 Å². The van der Waals surface area contributed by atoms with Gasteiger partial charge in [0.1, 0.15) is 5.75 Å². The SMILES string of the molecule is COc1cccc2sc(Br)c(CCl)c12. The minimum Gasteiger partial charge on any atom is -0.496 e. The van der Waals surface area contributed by atoms with Crippen LogP contribution in [0.4, 0.5) is 0 Å². The van der Waals surface area contributed by atoms with Gasteiger partial charge in [0, 0.05) is 15.6 Å². The summed E-state index contributed by atoms with van der Waals surface area (Å²) in [7, 11) is 1.68. The Hall–Kier alpha value is -0.250. The Morgan fingerprint density at radius 2 is 2.29 bits per heavy atom. The minimum atomic E-state index is 0.501. The third kappa shape index (κ3) is 1.53. The van der Waals surface area contributed by atoms with Gasteiger partial charge < -0.3 is 4.74 Å². The van der Waals surface area contributed by atoms with Gasteiger partial charge in [-0.15, -0.1) is 22.9 Å². The molecule has 2 aromatic rings. The maximum atomic E-state index is 5.90. The lowest BCUT2D eigenvalue weighted by atomic mass is 10.2. The molecule has 0 bridgehead atoms. The average Bonchev–Trinajstić information content (AvgIpc) is 2.52. The van der Waals surface area contributed by atoms with Gasteiger partial charge in [-0.1, -0.05) is 6.07 Å². The predicted molar refractivity (Wildman–Crippen MR) is 65.6 cm³/mol. The van der Waals surface area contributed by atoms with Crippen molar-refractivity contribution in [2.24, 2.45) is 0 Å². The summed E-state index contributed by atoms with van der Waals surface area (Å²) in [5.41, 5.74) is 1.11. The fourth-order valence-electron chi connectivity index (χ4n) is 1.44. The van der Waals surface area contributed by atoms with Crippen LogP contribution >= 0.6 is 38.9 Å². The maximum Gasteiger partial charge on any atom is 0.127 e. The van der Waals surface area contributed by atoms with E-state index in [4.69, 9.17) is 16.3 Å². The largest absolute Gasteiger partial charge is 0.496 e. The lowest BCUT2D eigenvalue weighted by molar-refractivity contribution is 0.419. The highest BCUT2D eigenvalue weighted by molar-refractivity contribution is 9.11. The van der Waals surface area contributed by atoms with Crippen LogP contribution in [0.5, 0.6) is 5.75 Å². The zero-order chi connectivity index (χ0) is 10.1. The van der Waals surface area contributed by atoms with Gasteiger partial charge in [0.05, 0.1) is 16.8 Å². The molecule has 0 aliphatic carbocycles. The van der Waals surface area contributed by atoms with E-state index >= 15 is 0 Å². The maximum absolute atomic E-state index is 5.90. The molecule has 0 atom stereocenters. The molecular formula is C10H8BrClOS. The molecule has 1 nitrogen and oxygen atoms in total. The summed E-state index contributed by atoms with van der Waals surface area (Å²) < 4.78 is 7.60. The lowest BCUT2D eigenvalue weighted by Gasteiger charge is -2.02. The molecule has 0 aliphatic rings. The van der Waals surface area contributed by atoms with Crippen LogP contribution in [-0.2, 0) is 5.88 Å². The van der Waals surface area contributed by atoms with E-state index in [0.717, 1.165) is 20.5 Å². The van der Waals surface area contributed by atoms with Gasteiger partial charge in [-0.25, -0.2) is 0 Å². The first kappa shape index (κ1) is 10.3. The standard InChI is InChI=1S/C10H8BrClOS/c1-13-7-3-2-4-8-9(7)6(5-12)10(11)14-8/h2-4H,5H2,1H3. The lowest BCUT2D eigenvalue weighted by Crippen LogP contribution is -1.84. The summed E-state index contributed by atoms with van der Waals surface area (Å²) >= 11 is 11.1. The van der Waals surface area contributed by atoms with Gasteiger partial charge in [0.2, 0.25) is 0 Å². The number of benzene rings is 1. The quantitative estimate of drug-likeness (QED) is 0.745. The predicted octanol–water partition coefficient (Wildman–Crippen LogP) is 4.41. The molecule has 0 radical (unpaired) electrons. The van der Waals surface area contributed by atoms with E-state index in [9.17, 15) is 0 Å². The van der Waals surface area contributed by atoms with Crippen LogP contribution in [-0.4, -0.2) is 7.11 Å². The van der Waals surface area contributed by atoms with Crippen LogP contribution in [0.2, 0.25) is 0 Å². The second-order valence-electron chi connectivity index (χ2n) is 2.82. The number of alkyl halides is 1. The molecule has 0 saturated heterocycles. The molecule has 74 valence electrons. The van der Waals surface area contributed by atoms with Crippen molar-refractivity contribution < 1.29 is 4.74 Å². The van der Waals surface area contributed by atoms with Crippen LogP contribution in [0.1, 0.15) is 5.56 Å². The monoisotopic (exact) mass is 290 g/mol. The van der Waals surface area contributed by atoms with Crippen molar-refractivity contribution in [2.75, 3.05) is 7.11 Å². The van der Waals surface area contributed by atoms with Crippen molar-refractivity contribution in [1.82, 2.24) is 0 Å². The molecule has 0 fully saturated rings. The van der Waals surface area contributed by atoms with E-state index in [1.807, 2.05) is 12.1 Å². The Morgan fingerprint density at radius 3 is 2.93 bits per heavy atom. The highest BCUT2D eigenvalue weighted by atomic mass is 79.9. The fraction of sp³-hybridized carbons (Fsp3) is 0.200. The van der Waals surface area contributed by atoms with Gasteiger partial charge in [-0.2, -0.15) is 0 Å². The van der Waals surface area contributed by atoms with Crippen LogP contribution in [0.3, 0.4) is 0 Å². The summed E-state index contributed by atoms with van der Waals surface area (Å²) in [6.45, 7) is 0. The topological polar surface area (TPSA) is 9.23 Å². The molecule has 0 N–H and O–H groups in total. The summed E-state index contributed by atoms with van der Waals surface area (Å²) in [5, 5.41) is 1.13. The van der Waals surface area contributed by atoms with Gasteiger partial charge in [0.25, 0.3) is 0 Å².